The third kappa shape index (κ3) is 1.37. The van der Waals surface area contributed by atoms with Crippen LogP contribution in [0.3, 0.4) is 0 Å². The molecular formula is C11H16N2O. The van der Waals surface area contributed by atoms with Crippen molar-refractivity contribution in [2.45, 2.75) is 46.1 Å². The highest BCUT2D eigenvalue weighted by atomic mass is 16.1. The lowest BCUT2D eigenvalue weighted by Crippen LogP contribution is -2.16. The standard InChI is InChI=1S/C11H16N2O/c1-7(2)13-11-5-4-9(14)6-10(11)8(3)12-13/h7H,4-6H2,1-3H3. The highest BCUT2D eigenvalue weighted by Gasteiger charge is 2.23. The molecule has 0 aromatic carbocycles. The zero-order valence-electron chi connectivity index (χ0n) is 9.00. The van der Waals surface area contributed by atoms with Crippen molar-refractivity contribution in [1.82, 2.24) is 9.78 Å². The van der Waals surface area contributed by atoms with Gasteiger partial charge >= 0.3 is 0 Å². The van der Waals surface area contributed by atoms with Gasteiger partial charge in [0.25, 0.3) is 0 Å². The van der Waals surface area contributed by atoms with Crippen LogP contribution in [0.25, 0.3) is 0 Å². The van der Waals surface area contributed by atoms with Crippen LogP contribution in [0.15, 0.2) is 0 Å². The smallest absolute Gasteiger partial charge is 0.137 e. The van der Waals surface area contributed by atoms with Gasteiger partial charge in [-0.25, -0.2) is 0 Å². The van der Waals surface area contributed by atoms with Gasteiger partial charge in [-0.15, -0.1) is 0 Å². The molecule has 0 amide bonds. The molecule has 1 aliphatic carbocycles. The average Bonchev–Trinajstić information content (AvgIpc) is 2.44. The van der Waals surface area contributed by atoms with Crippen molar-refractivity contribution < 1.29 is 4.79 Å². The van der Waals surface area contributed by atoms with E-state index in [0.29, 0.717) is 24.7 Å². The number of hydrogen-bond donors (Lipinski definition) is 0. The minimum Gasteiger partial charge on any atom is -0.299 e. The number of rotatable bonds is 1. The number of carbonyl (C=O) groups excluding carboxylic acids is 1. The summed E-state index contributed by atoms with van der Waals surface area (Å²) in [6.07, 6.45) is 2.14. The van der Waals surface area contributed by atoms with Gasteiger partial charge in [0.05, 0.1) is 5.69 Å². The molecule has 0 saturated heterocycles. The summed E-state index contributed by atoms with van der Waals surface area (Å²) in [5.74, 6) is 0.351. The number of aromatic nitrogens is 2. The monoisotopic (exact) mass is 192 g/mol. The fourth-order valence-electron chi connectivity index (χ4n) is 2.10. The van der Waals surface area contributed by atoms with Crippen molar-refractivity contribution in [3.63, 3.8) is 0 Å². The van der Waals surface area contributed by atoms with E-state index in [0.717, 1.165) is 12.1 Å². The number of fused-ring (bicyclic) bond motifs is 1. The number of ketones is 1. The van der Waals surface area contributed by atoms with Crippen LogP contribution in [-0.4, -0.2) is 15.6 Å². The molecule has 1 aliphatic rings. The Bertz CT molecular complexity index is 377. The van der Waals surface area contributed by atoms with E-state index in [1.807, 2.05) is 6.92 Å². The maximum atomic E-state index is 11.3. The lowest BCUT2D eigenvalue weighted by atomic mass is 9.95. The van der Waals surface area contributed by atoms with E-state index in [9.17, 15) is 4.79 Å². The van der Waals surface area contributed by atoms with E-state index in [1.54, 1.807) is 0 Å². The Kier molecular flexibility index (Phi) is 2.17. The van der Waals surface area contributed by atoms with Gasteiger partial charge in [-0.2, -0.15) is 5.10 Å². The van der Waals surface area contributed by atoms with Crippen LogP contribution in [0.2, 0.25) is 0 Å². The number of carbonyl (C=O) groups is 1. The van der Waals surface area contributed by atoms with Gasteiger partial charge in [-0.05, 0) is 27.2 Å². The maximum Gasteiger partial charge on any atom is 0.137 e. The predicted molar refractivity (Wildman–Crippen MR) is 54.4 cm³/mol. The molecule has 2 rings (SSSR count). The molecule has 0 aliphatic heterocycles. The molecule has 0 atom stereocenters. The van der Waals surface area contributed by atoms with Crippen molar-refractivity contribution in [2.75, 3.05) is 0 Å². The number of aryl methyl sites for hydroxylation is 1. The minimum atomic E-state index is 0.351. The molecule has 76 valence electrons. The van der Waals surface area contributed by atoms with E-state index in [4.69, 9.17) is 0 Å². The number of Topliss-reactive ketones (excluding diaryl/α,β-unsaturated/α-hetero) is 1. The molecule has 0 unspecified atom stereocenters. The molecule has 14 heavy (non-hydrogen) atoms. The maximum absolute atomic E-state index is 11.3. The van der Waals surface area contributed by atoms with Crippen LogP contribution in [0.1, 0.15) is 43.3 Å². The first-order chi connectivity index (χ1) is 6.59. The van der Waals surface area contributed by atoms with Crippen molar-refractivity contribution >= 4 is 5.78 Å². The van der Waals surface area contributed by atoms with Crippen LogP contribution in [0.4, 0.5) is 0 Å². The van der Waals surface area contributed by atoms with E-state index in [-0.39, 0.29) is 0 Å². The van der Waals surface area contributed by atoms with Crippen LogP contribution < -0.4 is 0 Å². The van der Waals surface area contributed by atoms with Gasteiger partial charge in [0.2, 0.25) is 0 Å². The molecule has 0 radical (unpaired) electrons. The summed E-state index contributed by atoms with van der Waals surface area (Å²) in [6.45, 7) is 6.25. The second-order valence-corrected chi connectivity index (χ2v) is 4.26. The van der Waals surface area contributed by atoms with E-state index >= 15 is 0 Å². The summed E-state index contributed by atoms with van der Waals surface area (Å²) >= 11 is 0. The Morgan fingerprint density at radius 2 is 2.07 bits per heavy atom. The van der Waals surface area contributed by atoms with E-state index < -0.39 is 0 Å². The van der Waals surface area contributed by atoms with Crippen molar-refractivity contribution in [3.05, 3.63) is 17.0 Å². The zero-order valence-corrected chi connectivity index (χ0v) is 9.00. The van der Waals surface area contributed by atoms with Crippen LogP contribution in [-0.2, 0) is 17.6 Å². The summed E-state index contributed by atoms with van der Waals surface area (Å²) in [7, 11) is 0. The normalized spacial score (nSPS) is 16.1. The Morgan fingerprint density at radius 3 is 2.71 bits per heavy atom. The molecule has 1 aromatic rings. The van der Waals surface area contributed by atoms with Crippen molar-refractivity contribution in [3.8, 4) is 0 Å². The first-order valence-corrected chi connectivity index (χ1v) is 5.18. The SMILES string of the molecule is Cc1nn(C(C)C)c2c1CC(=O)CC2. The molecule has 0 bridgehead atoms. The first-order valence-electron chi connectivity index (χ1n) is 5.18. The molecular weight excluding hydrogens is 176 g/mol. The van der Waals surface area contributed by atoms with Gasteiger partial charge < -0.3 is 0 Å². The molecule has 1 heterocycles. The summed E-state index contributed by atoms with van der Waals surface area (Å²) in [5, 5.41) is 4.49. The Balaban J connectivity index is 2.48. The van der Waals surface area contributed by atoms with Crippen LogP contribution >= 0.6 is 0 Å². The van der Waals surface area contributed by atoms with Crippen molar-refractivity contribution in [1.29, 1.82) is 0 Å². The summed E-state index contributed by atoms with van der Waals surface area (Å²) in [4.78, 5) is 11.3. The second kappa shape index (κ2) is 3.23. The summed E-state index contributed by atoms with van der Waals surface area (Å²) in [5.41, 5.74) is 3.48. The summed E-state index contributed by atoms with van der Waals surface area (Å²) < 4.78 is 2.07. The average molecular weight is 192 g/mol. The Labute approximate surface area is 84.1 Å². The molecule has 3 heteroatoms. The Hall–Kier alpha value is -1.12. The lowest BCUT2D eigenvalue weighted by molar-refractivity contribution is -0.118. The fraction of sp³-hybridized carbons (Fsp3) is 0.636. The third-order valence-electron chi connectivity index (χ3n) is 2.82. The number of hydrogen-bond acceptors (Lipinski definition) is 2. The largest absolute Gasteiger partial charge is 0.299 e. The fourth-order valence-corrected chi connectivity index (χ4v) is 2.10. The molecule has 3 nitrogen and oxygen atoms in total. The Morgan fingerprint density at radius 1 is 1.36 bits per heavy atom. The molecule has 0 N–H and O–H groups in total. The predicted octanol–water partition coefficient (Wildman–Crippen LogP) is 1.83. The third-order valence-corrected chi connectivity index (χ3v) is 2.82. The van der Waals surface area contributed by atoms with E-state index in [1.165, 1.54) is 11.3 Å². The molecule has 1 aromatic heterocycles. The second-order valence-electron chi connectivity index (χ2n) is 4.26. The van der Waals surface area contributed by atoms with Gasteiger partial charge in [-0.3, -0.25) is 9.48 Å². The van der Waals surface area contributed by atoms with Crippen LogP contribution in [0.5, 0.6) is 0 Å². The quantitative estimate of drug-likeness (QED) is 0.680. The molecule has 0 fully saturated rings. The lowest BCUT2D eigenvalue weighted by Gasteiger charge is -2.15. The molecule has 0 spiro atoms. The summed E-state index contributed by atoms with van der Waals surface area (Å²) in [6, 6.07) is 0.394. The van der Waals surface area contributed by atoms with Gasteiger partial charge in [0, 0.05) is 30.1 Å². The van der Waals surface area contributed by atoms with Gasteiger partial charge in [-0.1, -0.05) is 0 Å². The zero-order chi connectivity index (χ0) is 10.3. The number of nitrogens with zero attached hydrogens (tertiary/aromatic N) is 2. The van der Waals surface area contributed by atoms with E-state index in [2.05, 4.69) is 23.6 Å². The highest BCUT2D eigenvalue weighted by molar-refractivity contribution is 5.83. The van der Waals surface area contributed by atoms with Crippen molar-refractivity contribution in [2.24, 2.45) is 0 Å². The topological polar surface area (TPSA) is 34.9 Å². The molecule has 0 saturated carbocycles. The highest BCUT2D eigenvalue weighted by Crippen LogP contribution is 2.24. The van der Waals surface area contributed by atoms with Gasteiger partial charge in [0.15, 0.2) is 0 Å². The minimum absolute atomic E-state index is 0.351. The van der Waals surface area contributed by atoms with Gasteiger partial charge in [0.1, 0.15) is 5.78 Å². The first kappa shape index (κ1) is 9.44. The van der Waals surface area contributed by atoms with Crippen LogP contribution in [0, 0.1) is 6.92 Å².